The van der Waals surface area contributed by atoms with Gasteiger partial charge in [0, 0.05) is 17.7 Å². The first-order chi connectivity index (χ1) is 17.8. The molecular formula is C31H31NO5. The molecule has 0 heterocycles. The molecule has 0 spiro atoms. The Kier molecular flexibility index (Phi) is 5.87. The Morgan fingerprint density at radius 1 is 1.03 bits per heavy atom. The minimum Gasteiger partial charge on any atom is -0.457 e. The Bertz CT molecular complexity index is 1370. The first-order valence-corrected chi connectivity index (χ1v) is 13.2. The van der Waals surface area contributed by atoms with Crippen molar-refractivity contribution < 1.29 is 19.6 Å². The number of hydrogen-bond acceptors (Lipinski definition) is 5. The molecule has 0 unspecified atom stereocenters. The third kappa shape index (κ3) is 4.04. The lowest BCUT2D eigenvalue weighted by Crippen LogP contribution is -2.43. The summed E-state index contributed by atoms with van der Waals surface area (Å²) in [5.74, 6) is 2.32. The van der Waals surface area contributed by atoms with Crippen molar-refractivity contribution in [3.8, 4) is 11.5 Å². The summed E-state index contributed by atoms with van der Waals surface area (Å²) in [6.07, 6.45) is 6.10. The molecule has 5 atom stereocenters. The molecule has 3 aliphatic carbocycles. The summed E-state index contributed by atoms with van der Waals surface area (Å²) in [6, 6.07) is 19.1. The first-order valence-electron chi connectivity index (χ1n) is 13.2. The van der Waals surface area contributed by atoms with E-state index in [1.807, 2.05) is 12.1 Å². The zero-order valence-electron chi connectivity index (χ0n) is 20.9. The Labute approximate surface area is 216 Å². The number of rotatable bonds is 5. The number of nitrogens with zero attached hydrogens (tertiary/aromatic N) is 1. The van der Waals surface area contributed by atoms with Crippen molar-refractivity contribution in [1.82, 2.24) is 0 Å². The van der Waals surface area contributed by atoms with Crippen molar-refractivity contribution in [2.24, 2.45) is 17.3 Å². The van der Waals surface area contributed by atoms with E-state index in [0.717, 1.165) is 38.5 Å². The topological polar surface area (TPSA) is 89.7 Å². The fraction of sp³-hybridized carbons (Fsp3) is 0.387. The summed E-state index contributed by atoms with van der Waals surface area (Å²) in [7, 11) is 0. The molecule has 3 aromatic rings. The van der Waals surface area contributed by atoms with Crippen LogP contribution in [0, 0.1) is 27.4 Å². The summed E-state index contributed by atoms with van der Waals surface area (Å²) in [5.41, 5.74) is 3.19. The molecule has 6 heteroatoms. The van der Waals surface area contributed by atoms with Crippen molar-refractivity contribution in [1.29, 1.82) is 0 Å². The van der Waals surface area contributed by atoms with Gasteiger partial charge >= 0.3 is 0 Å². The number of nitro benzene ring substituents is 1. The fourth-order valence-corrected chi connectivity index (χ4v) is 7.36. The van der Waals surface area contributed by atoms with Crippen LogP contribution in [0.5, 0.6) is 11.5 Å². The maximum atomic E-state index is 13.2. The van der Waals surface area contributed by atoms with E-state index in [4.69, 9.17) is 4.74 Å². The van der Waals surface area contributed by atoms with E-state index in [0.29, 0.717) is 34.8 Å². The van der Waals surface area contributed by atoms with Crippen LogP contribution < -0.4 is 4.74 Å². The highest BCUT2D eigenvalue weighted by atomic mass is 16.6. The van der Waals surface area contributed by atoms with E-state index in [9.17, 15) is 20.0 Å². The number of aliphatic hydroxyl groups is 1. The number of ketones is 1. The third-order valence-electron chi connectivity index (χ3n) is 9.33. The van der Waals surface area contributed by atoms with Gasteiger partial charge in [0.1, 0.15) is 11.5 Å². The lowest BCUT2D eigenvalue weighted by atomic mass is 9.55. The second-order valence-corrected chi connectivity index (χ2v) is 11.1. The van der Waals surface area contributed by atoms with Gasteiger partial charge in [0.05, 0.1) is 16.6 Å². The molecule has 2 saturated carbocycles. The summed E-state index contributed by atoms with van der Waals surface area (Å²) in [5, 5.41) is 22.1. The van der Waals surface area contributed by atoms with Gasteiger partial charge in [-0.15, -0.1) is 0 Å². The van der Waals surface area contributed by atoms with Crippen molar-refractivity contribution >= 4 is 11.5 Å². The molecule has 0 radical (unpaired) electrons. The summed E-state index contributed by atoms with van der Waals surface area (Å²) < 4.78 is 6.21. The lowest BCUT2D eigenvalue weighted by Gasteiger charge is -2.50. The predicted octanol–water partition coefficient (Wildman–Crippen LogP) is 6.84. The van der Waals surface area contributed by atoms with Crippen molar-refractivity contribution in [2.75, 3.05) is 0 Å². The van der Waals surface area contributed by atoms with Gasteiger partial charge in [-0.25, -0.2) is 0 Å². The maximum Gasteiger partial charge on any atom is 0.270 e. The van der Waals surface area contributed by atoms with Crippen LogP contribution in [0.1, 0.15) is 72.0 Å². The zero-order chi connectivity index (χ0) is 25.7. The van der Waals surface area contributed by atoms with E-state index < -0.39 is 4.92 Å². The van der Waals surface area contributed by atoms with Gasteiger partial charge in [-0.05, 0) is 91.0 Å². The second-order valence-electron chi connectivity index (χ2n) is 11.1. The number of carbonyl (C=O) groups is 1. The number of carbonyl (C=O) groups excluding carboxylic acids is 1. The third-order valence-corrected chi connectivity index (χ3v) is 9.33. The van der Waals surface area contributed by atoms with Gasteiger partial charge in [0.25, 0.3) is 5.69 Å². The number of hydrogen-bond donors (Lipinski definition) is 1. The Balaban J connectivity index is 1.29. The van der Waals surface area contributed by atoms with Gasteiger partial charge in [-0.1, -0.05) is 43.3 Å². The van der Waals surface area contributed by atoms with E-state index in [1.54, 1.807) is 24.3 Å². The van der Waals surface area contributed by atoms with Gasteiger partial charge < -0.3 is 9.84 Å². The second kappa shape index (κ2) is 9.10. The maximum absolute atomic E-state index is 13.2. The molecule has 0 aromatic heterocycles. The average molecular weight is 498 g/mol. The van der Waals surface area contributed by atoms with Crippen LogP contribution in [0.2, 0.25) is 0 Å². The smallest absolute Gasteiger partial charge is 0.270 e. The van der Waals surface area contributed by atoms with Crippen LogP contribution >= 0.6 is 0 Å². The Morgan fingerprint density at radius 2 is 1.84 bits per heavy atom. The average Bonchev–Trinajstić information content (AvgIpc) is 3.22. The molecule has 0 amide bonds. The van der Waals surface area contributed by atoms with E-state index >= 15 is 0 Å². The quantitative estimate of drug-likeness (QED) is 0.237. The van der Waals surface area contributed by atoms with Gasteiger partial charge in [0.15, 0.2) is 5.78 Å². The predicted molar refractivity (Wildman–Crippen MR) is 140 cm³/mol. The van der Waals surface area contributed by atoms with E-state index in [2.05, 4.69) is 19.1 Å². The van der Waals surface area contributed by atoms with Gasteiger partial charge in [-0.2, -0.15) is 0 Å². The van der Waals surface area contributed by atoms with Gasteiger partial charge in [0.2, 0.25) is 0 Å². The summed E-state index contributed by atoms with van der Waals surface area (Å²) in [4.78, 5) is 24.1. The van der Waals surface area contributed by atoms with Crippen LogP contribution in [-0.2, 0) is 6.42 Å². The SMILES string of the molecule is C[C@]12CC[C@@H]3c4ccc(Oc5ccc([N+](=O)[O-])cc5C(=O)c5ccccc5)cc4CC[C@H]3[C@@H]1CC[C@@H]2O. The normalized spacial score (nSPS) is 28.1. The van der Waals surface area contributed by atoms with Crippen LogP contribution in [0.4, 0.5) is 5.69 Å². The van der Waals surface area contributed by atoms with Crippen molar-refractivity contribution in [3.63, 3.8) is 0 Å². The zero-order valence-corrected chi connectivity index (χ0v) is 20.9. The summed E-state index contributed by atoms with van der Waals surface area (Å²) >= 11 is 0. The minimum absolute atomic E-state index is 0.0549. The molecule has 6 nitrogen and oxygen atoms in total. The molecular weight excluding hydrogens is 466 g/mol. The molecule has 3 aliphatic rings. The Morgan fingerprint density at radius 3 is 2.62 bits per heavy atom. The Hall–Kier alpha value is -3.51. The molecule has 37 heavy (non-hydrogen) atoms. The van der Waals surface area contributed by atoms with Crippen LogP contribution in [0.15, 0.2) is 66.7 Å². The fourth-order valence-electron chi connectivity index (χ4n) is 7.36. The molecule has 1 N–H and O–H groups in total. The number of fused-ring (bicyclic) bond motifs is 5. The van der Waals surface area contributed by atoms with Crippen LogP contribution in [0.3, 0.4) is 0 Å². The standard InChI is InChI=1S/C31H31NO5/c1-31-16-15-24-23-11-9-22(17-20(23)7-10-25(24)27(31)12-14-29(31)33)37-28-13-8-21(32(35)36)18-26(28)30(34)19-5-3-2-4-6-19/h2-6,8-9,11,13,17-18,24-25,27,29,33H,7,10,12,14-16H2,1H3/t24-,25-,27+,29+,31+/m1/s1. The molecule has 0 saturated heterocycles. The molecule has 3 aromatic carbocycles. The van der Waals surface area contributed by atoms with Crippen LogP contribution in [0.25, 0.3) is 0 Å². The number of non-ortho nitro benzene ring substituents is 1. The van der Waals surface area contributed by atoms with E-state index in [-0.39, 0.29) is 28.6 Å². The minimum atomic E-state index is -0.501. The van der Waals surface area contributed by atoms with Gasteiger partial charge in [-0.3, -0.25) is 14.9 Å². The van der Waals surface area contributed by atoms with E-state index in [1.165, 1.54) is 29.3 Å². The highest BCUT2D eigenvalue weighted by Gasteiger charge is 2.54. The largest absolute Gasteiger partial charge is 0.457 e. The summed E-state index contributed by atoms with van der Waals surface area (Å²) in [6.45, 7) is 2.29. The van der Waals surface area contributed by atoms with Crippen molar-refractivity contribution in [2.45, 2.75) is 57.5 Å². The molecule has 2 fully saturated rings. The molecule has 0 bridgehead atoms. The highest BCUT2D eigenvalue weighted by Crippen LogP contribution is 2.61. The highest BCUT2D eigenvalue weighted by molar-refractivity contribution is 6.11. The monoisotopic (exact) mass is 497 g/mol. The number of aryl methyl sites for hydroxylation is 1. The lowest BCUT2D eigenvalue weighted by molar-refractivity contribution is -0.384. The first kappa shape index (κ1) is 23.9. The van der Waals surface area contributed by atoms with Crippen molar-refractivity contribution in [3.05, 3.63) is 99.1 Å². The van der Waals surface area contributed by atoms with Crippen LogP contribution in [-0.4, -0.2) is 21.9 Å². The molecule has 6 rings (SSSR count). The number of aliphatic hydroxyl groups excluding tert-OH is 1. The number of ether oxygens (including phenoxy) is 1. The number of nitro groups is 1. The molecule has 0 aliphatic heterocycles. The number of benzene rings is 3. The molecule has 190 valence electrons.